The van der Waals surface area contributed by atoms with Crippen molar-refractivity contribution in [1.82, 2.24) is 9.88 Å². The molecule has 1 saturated heterocycles. The van der Waals surface area contributed by atoms with Gasteiger partial charge in [-0.2, -0.15) is 4.39 Å². The number of rotatable bonds is 1. The first-order chi connectivity index (χ1) is 7.68. The Morgan fingerprint density at radius 3 is 3.12 bits per heavy atom. The molecule has 0 radical (unpaired) electrons. The van der Waals surface area contributed by atoms with Gasteiger partial charge in [0.15, 0.2) is 0 Å². The summed E-state index contributed by atoms with van der Waals surface area (Å²) in [5.41, 5.74) is 0.147. The average molecular weight is 224 g/mol. The lowest BCUT2D eigenvalue weighted by atomic mass is 10.2. The summed E-state index contributed by atoms with van der Waals surface area (Å²) in [6.07, 6.45) is 0. The molecular formula is C11H13FN2O2. The predicted octanol–water partition coefficient (Wildman–Crippen LogP) is 1.08. The summed E-state index contributed by atoms with van der Waals surface area (Å²) >= 11 is 0. The Hall–Kier alpha value is -1.49. The second-order valence-corrected chi connectivity index (χ2v) is 3.77. The molecule has 2 rings (SSSR count). The maximum Gasteiger partial charge on any atom is 0.272 e. The Labute approximate surface area is 93.0 Å². The van der Waals surface area contributed by atoms with Crippen LogP contribution in [0.3, 0.4) is 0 Å². The molecule has 1 aromatic heterocycles. The molecule has 0 aliphatic carbocycles. The molecule has 5 heteroatoms. The molecule has 86 valence electrons. The lowest BCUT2D eigenvalue weighted by Gasteiger charge is -2.32. The van der Waals surface area contributed by atoms with Gasteiger partial charge in [-0.15, -0.1) is 0 Å². The van der Waals surface area contributed by atoms with Crippen LogP contribution in [0.5, 0.6) is 0 Å². The summed E-state index contributed by atoms with van der Waals surface area (Å²) in [6, 6.07) is 4.24. The molecule has 0 saturated carbocycles. The van der Waals surface area contributed by atoms with E-state index in [1.54, 1.807) is 4.90 Å². The zero-order valence-corrected chi connectivity index (χ0v) is 9.02. The van der Waals surface area contributed by atoms with E-state index < -0.39 is 5.95 Å². The Kier molecular flexibility index (Phi) is 3.14. The maximum atomic E-state index is 12.9. The number of carbonyl (C=O) groups excluding carboxylic acids is 1. The molecule has 2 heterocycles. The minimum absolute atomic E-state index is 0.00585. The zero-order valence-electron chi connectivity index (χ0n) is 9.02. The lowest BCUT2D eigenvalue weighted by molar-refractivity contribution is 0.00321. The van der Waals surface area contributed by atoms with Gasteiger partial charge >= 0.3 is 0 Å². The molecule has 0 bridgehead atoms. The van der Waals surface area contributed by atoms with Crippen LogP contribution < -0.4 is 0 Å². The van der Waals surface area contributed by atoms with Gasteiger partial charge in [-0.05, 0) is 19.1 Å². The number of amides is 1. The molecule has 1 aliphatic heterocycles. The van der Waals surface area contributed by atoms with Crippen LogP contribution in [-0.4, -0.2) is 41.6 Å². The van der Waals surface area contributed by atoms with Crippen molar-refractivity contribution in [2.24, 2.45) is 0 Å². The molecule has 1 aliphatic rings. The van der Waals surface area contributed by atoms with Crippen molar-refractivity contribution in [2.75, 3.05) is 19.8 Å². The Bertz CT molecular complexity index is 397. The molecule has 1 atom stereocenters. The topological polar surface area (TPSA) is 42.4 Å². The van der Waals surface area contributed by atoms with Gasteiger partial charge in [0.25, 0.3) is 5.91 Å². The maximum absolute atomic E-state index is 12.9. The fourth-order valence-electron chi connectivity index (χ4n) is 1.70. The number of hydrogen-bond donors (Lipinski definition) is 0. The summed E-state index contributed by atoms with van der Waals surface area (Å²) in [6.45, 7) is 3.46. The van der Waals surface area contributed by atoms with Crippen LogP contribution in [0.25, 0.3) is 0 Å². The highest BCUT2D eigenvalue weighted by molar-refractivity contribution is 5.92. The van der Waals surface area contributed by atoms with E-state index in [2.05, 4.69) is 4.98 Å². The monoisotopic (exact) mass is 224 g/mol. The minimum Gasteiger partial charge on any atom is -0.377 e. The van der Waals surface area contributed by atoms with Gasteiger partial charge in [0.1, 0.15) is 5.69 Å². The van der Waals surface area contributed by atoms with Crippen LogP contribution in [0, 0.1) is 5.95 Å². The van der Waals surface area contributed by atoms with Gasteiger partial charge < -0.3 is 9.64 Å². The van der Waals surface area contributed by atoms with E-state index in [0.29, 0.717) is 19.8 Å². The molecule has 1 amide bonds. The summed E-state index contributed by atoms with van der Waals surface area (Å²) < 4.78 is 18.1. The van der Waals surface area contributed by atoms with Gasteiger partial charge in [0.2, 0.25) is 5.95 Å². The van der Waals surface area contributed by atoms with E-state index >= 15 is 0 Å². The predicted molar refractivity (Wildman–Crippen MR) is 55.5 cm³/mol. The molecule has 0 spiro atoms. The third-order valence-corrected chi connectivity index (χ3v) is 2.56. The second kappa shape index (κ2) is 4.57. The average Bonchev–Trinajstić information content (AvgIpc) is 2.29. The van der Waals surface area contributed by atoms with Crippen LogP contribution >= 0.6 is 0 Å². The van der Waals surface area contributed by atoms with E-state index in [-0.39, 0.29) is 17.6 Å². The Morgan fingerprint density at radius 2 is 2.44 bits per heavy atom. The van der Waals surface area contributed by atoms with Crippen molar-refractivity contribution in [1.29, 1.82) is 0 Å². The number of hydrogen-bond acceptors (Lipinski definition) is 3. The summed E-state index contributed by atoms with van der Waals surface area (Å²) in [5.74, 6) is -0.873. The lowest BCUT2D eigenvalue weighted by Crippen LogP contribution is -2.47. The summed E-state index contributed by atoms with van der Waals surface area (Å²) in [4.78, 5) is 17.2. The summed E-state index contributed by atoms with van der Waals surface area (Å²) in [5, 5.41) is 0. The van der Waals surface area contributed by atoms with E-state index in [4.69, 9.17) is 4.74 Å². The van der Waals surface area contributed by atoms with Crippen LogP contribution in [0.15, 0.2) is 18.2 Å². The fraction of sp³-hybridized carbons (Fsp3) is 0.455. The van der Waals surface area contributed by atoms with Crippen molar-refractivity contribution in [3.05, 3.63) is 29.8 Å². The van der Waals surface area contributed by atoms with Gasteiger partial charge in [-0.3, -0.25) is 4.79 Å². The van der Waals surface area contributed by atoms with Crippen LogP contribution in [0.4, 0.5) is 4.39 Å². The molecule has 1 fully saturated rings. The van der Waals surface area contributed by atoms with E-state index in [1.165, 1.54) is 18.2 Å². The highest BCUT2D eigenvalue weighted by Crippen LogP contribution is 2.11. The molecule has 0 aromatic carbocycles. The van der Waals surface area contributed by atoms with E-state index in [1.807, 2.05) is 6.92 Å². The smallest absolute Gasteiger partial charge is 0.272 e. The van der Waals surface area contributed by atoms with Gasteiger partial charge in [-0.25, -0.2) is 4.98 Å². The minimum atomic E-state index is -0.633. The van der Waals surface area contributed by atoms with Crippen molar-refractivity contribution in [3.63, 3.8) is 0 Å². The van der Waals surface area contributed by atoms with Crippen LogP contribution in [0.2, 0.25) is 0 Å². The number of morpholine rings is 1. The second-order valence-electron chi connectivity index (χ2n) is 3.77. The number of nitrogens with zero attached hydrogens (tertiary/aromatic N) is 2. The molecule has 0 N–H and O–H groups in total. The van der Waals surface area contributed by atoms with Crippen molar-refractivity contribution in [2.45, 2.75) is 13.0 Å². The zero-order chi connectivity index (χ0) is 11.5. The van der Waals surface area contributed by atoms with Crippen LogP contribution in [0.1, 0.15) is 17.4 Å². The first-order valence-electron chi connectivity index (χ1n) is 5.20. The number of ether oxygens (including phenoxy) is 1. The Morgan fingerprint density at radius 1 is 1.62 bits per heavy atom. The molecule has 1 aromatic rings. The third kappa shape index (κ3) is 2.19. The van der Waals surface area contributed by atoms with Crippen molar-refractivity contribution < 1.29 is 13.9 Å². The fourth-order valence-corrected chi connectivity index (χ4v) is 1.70. The third-order valence-electron chi connectivity index (χ3n) is 2.56. The largest absolute Gasteiger partial charge is 0.377 e. The quantitative estimate of drug-likeness (QED) is 0.670. The highest BCUT2D eigenvalue weighted by Gasteiger charge is 2.25. The van der Waals surface area contributed by atoms with Gasteiger partial charge in [0.05, 0.1) is 19.3 Å². The first kappa shape index (κ1) is 11.0. The number of halogens is 1. The first-order valence-corrected chi connectivity index (χ1v) is 5.20. The van der Waals surface area contributed by atoms with Crippen LogP contribution in [-0.2, 0) is 4.74 Å². The van der Waals surface area contributed by atoms with Crippen molar-refractivity contribution >= 4 is 5.91 Å². The SMILES string of the molecule is C[C@@H]1COCCN1C(=O)c1cccc(F)n1. The van der Waals surface area contributed by atoms with E-state index in [0.717, 1.165) is 0 Å². The number of carbonyl (C=O) groups is 1. The normalized spacial score (nSPS) is 20.9. The number of pyridine rings is 1. The van der Waals surface area contributed by atoms with Gasteiger partial charge in [0, 0.05) is 6.54 Å². The summed E-state index contributed by atoms with van der Waals surface area (Å²) in [7, 11) is 0. The molecule has 4 nitrogen and oxygen atoms in total. The van der Waals surface area contributed by atoms with E-state index in [9.17, 15) is 9.18 Å². The molecule has 0 unspecified atom stereocenters. The highest BCUT2D eigenvalue weighted by atomic mass is 19.1. The Balaban J connectivity index is 2.17. The molecule has 16 heavy (non-hydrogen) atoms. The number of aromatic nitrogens is 1. The van der Waals surface area contributed by atoms with Gasteiger partial charge in [-0.1, -0.05) is 6.07 Å². The van der Waals surface area contributed by atoms with Crippen molar-refractivity contribution in [3.8, 4) is 0 Å². The standard InChI is InChI=1S/C11H13FN2O2/c1-8-7-16-6-5-14(8)11(15)9-3-2-4-10(12)13-9/h2-4,8H,5-7H2,1H3/t8-/m1/s1. The molecular weight excluding hydrogens is 211 g/mol.